The summed E-state index contributed by atoms with van der Waals surface area (Å²) in [5.74, 6) is 0.103. The van der Waals surface area contributed by atoms with E-state index in [1.165, 1.54) is 12.7 Å². The number of carbonyl (C=O) groups is 1. The van der Waals surface area contributed by atoms with Crippen molar-refractivity contribution in [2.45, 2.75) is 44.9 Å². The Kier molecular flexibility index (Phi) is 3.38. The lowest BCUT2D eigenvalue weighted by Gasteiger charge is -2.35. The molecule has 2 heterocycles. The van der Waals surface area contributed by atoms with Crippen molar-refractivity contribution in [2.75, 3.05) is 0 Å². The molecule has 6 heteroatoms. The molecule has 1 fully saturated rings. The summed E-state index contributed by atoms with van der Waals surface area (Å²) in [6.45, 7) is 0. The van der Waals surface area contributed by atoms with Crippen molar-refractivity contribution < 1.29 is 9.90 Å². The van der Waals surface area contributed by atoms with Crippen LogP contribution in [0.4, 0.5) is 0 Å². The first-order valence-electron chi connectivity index (χ1n) is 7.03. The zero-order chi connectivity index (χ0) is 14.0. The lowest BCUT2D eigenvalue weighted by Crippen LogP contribution is -2.30. The van der Waals surface area contributed by atoms with Crippen LogP contribution in [0.25, 0.3) is 11.2 Å². The number of fused-ring (bicyclic) bond motifs is 1. The SMILES string of the molecule is O=C(O)CC1(Cc2nc3ncncc3[nH]2)CCCCC1. The minimum absolute atomic E-state index is 0.161. The number of carboxylic acid groups (broad SMARTS) is 1. The smallest absolute Gasteiger partial charge is 0.303 e. The van der Waals surface area contributed by atoms with Gasteiger partial charge in [0.2, 0.25) is 0 Å². The Morgan fingerprint density at radius 1 is 1.35 bits per heavy atom. The predicted molar refractivity (Wildman–Crippen MR) is 73.2 cm³/mol. The van der Waals surface area contributed by atoms with Crippen LogP contribution in [-0.2, 0) is 11.2 Å². The minimum Gasteiger partial charge on any atom is -0.481 e. The summed E-state index contributed by atoms with van der Waals surface area (Å²) < 4.78 is 0. The van der Waals surface area contributed by atoms with Gasteiger partial charge in [-0.3, -0.25) is 4.79 Å². The Labute approximate surface area is 116 Å². The van der Waals surface area contributed by atoms with Gasteiger partial charge in [0.25, 0.3) is 0 Å². The molecule has 1 aliphatic carbocycles. The van der Waals surface area contributed by atoms with Crippen molar-refractivity contribution in [3.05, 3.63) is 18.3 Å². The molecule has 0 aliphatic heterocycles. The normalized spacial score (nSPS) is 18.2. The van der Waals surface area contributed by atoms with Gasteiger partial charge in [0, 0.05) is 6.42 Å². The highest BCUT2D eigenvalue weighted by atomic mass is 16.4. The molecule has 0 saturated heterocycles. The number of imidazole rings is 1. The summed E-state index contributed by atoms with van der Waals surface area (Å²) in [5, 5.41) is 9.20. The molecule has 0 atom stereocenters. The standard InChI is InChI=1S/C14H18N4O2/c19-12(20)7-14(4-2-1-3-5-14)6-11-17-10-8-15-9-16-13(10)18-11/h8-9H,1-7H2,(H,19,20)(H,15,16,17,18). The number of nitrogens with zero attached hydrogens (tertiary/aromatic N) is 3. The molecular weight excluding hydrogens is 256 g/mol. The number of carboxylic acids is 1. The van der Waals surface area contributed by atoms with Crippen molar-refractivity contribution in [1.29, 1.82) is 0 Å². The highest BCUT2D eigenvalue weighted by Gasteiger charge is 2.35. The molecule has 20 heavy (non-hydrogen) atoms. The van der Waals surface area contributed by atoms with Crippen LogP contribution in [0.15, 0.2) is 12.5 Å². The molecule has 106 valence electrons. The van der Waals surface area contributed by atoms with E-state index >= 15 is 0 Å². The summed E-state index contributed by atoms with van der Waals surface area (Å²) in [5.41, 5.74) is 1.30. The number of H-pyrrole nitrogens is 1. The van der Waals surface area contributed by atoms with Gasteiger partial charge < -0.3 is 10.1 Å². The topological polar surface area (TPSA) is 91.8 Å². The Morgan fingerprint density at radius 2 is 2.15 bits per heavy atom. The molecule has 0 aromatic carbocycles. The first-order chi connectivity index (χ1) is 9.67. The van der Waals surface area contributed by atoms with Crippen LogP contribution in [0.1, 0.15) is 44.3 Å². The van der Waals surface area contributed by atoms with Gasteiger partial charge in [-0.15, -0.1) is 0 Å². The van der Waals surface area contributed by atoms with Crippen LogP contribution in [0.2, 0.25) is 0 Å². The average molecular weight is 274 g/mol. The molecule has 2 N–H and O–H groups in total. The quantitative estimate of drug-likeness (QED) is 0.892. The Morgan fingerprint density at radius 3 is 2.85 bits per heavy atom. The third-order valence-electron chi connectivity index (χ3n) is 4.19. The molecule has 2 aromatic heterocycles. The number of hydrogen-bond acceptors (Lipinski definition) is 4. The average Bonchev–Trinajstić information content (AvgIpc) is 2.80. The molecule has 6 nitrogen and oxygen atoms in total. The monoisotopic (exact) mass is 274 g/mol. The number of aromatic amines is 1. The number of aromatic nitrogens is 4. The molecule has 1 aliphatic rings. The third-order valence-corrected chi connectivity index (χ3v) is 4.19. The van der Waals surface area contributed by atoms with Crippen molar-refractivity contribution in [3.8, 4) is 0 Å². The third kappa shape index (κ3) is 2.64. The van der Waals surface area contributed by atoms with Crippen molar-refractivity contribution in [2.24, 2.45) is 5.41 Å². The molecule has 0 radical (unpaired) electrons. The largest absolute Gasteiger partial charge is 0.481 e. The molecule has 0 spiro atoms. The van der Waals surface area contributed by atoms with Gasteiger partial charge in [-0.1, -0.05) is 19.3 Å². The van der Waals surface area contributed by atoms with Gasteiger partial charge in [-0.05, 0) is 18.3 Å². The molecular formula is C14H18N4O2. The van der Waals surface area contributed by atoms with E-state index in [4.69, 9.17) is 0 Å². The van der Waals surface area contributed by atoms with Gasteiger partial charge >= 0.3 is 5.97 Å². The lowest BCUT2D eigenvalue weighted by molar-refractivity contribution is -0.140. The highest BCUT2D eigenvalue weighted by Crippen LogP contribution is 2.41. The molecule has 3 rings (SSSR count). The van der Waals surface area contributed by atoms with Gasteiger partial charge in [-0.2, -0.15) is 0 Å². The number of nitrogens with one attached hydrogen (secondary N) is 1. The van der Waals surface area contributed by atoms with Crippen molar-refractivity contribution in [1.82, 2.24) is 19.9 Å². The van der Waals surface area contributed by atoms with Gasteiger partial charge in [0.15, 0.2) is 5.65 Å². The lowest BCUT2D eigenvalue weighted by atomic mass is 9.69. The summed E-state index contributed by atoms with van der Waals surface area (Å²) in [6.07, 6.45) is 9.40. The minimum atomic E-state index is -0.720. The van der Waals surface area contributed by atoms with Crippen molar-refractivity contribution in [3.63, 3.8) is 0 Å². The van der Waals surface area contributed by atoms with Gasteiger partial charge in [0.1, 0.15) is 17.7 Å². The summed E-state index contributed by atoms with van der Waals surface area (Å²) >= 11 is 0. The fraction of sp³-hybridized carbons (Fsp3) is 0.571. The zero-order valence-electron chi connectivity index (χ0n) is 11.3. The van der Waals surface area contributed by atoms with E-state index in [9.17, 15) is 9.90 Å². The second-order valence-corrected chi connectivity index (χ2v) is 5.75. The maximum absolute atomic E-state index is 11.2. The van der Waals surface area contributed by atoms with E-state index in [1.54, 1.807) is 6.20 Å². The molecule has 0 amide bonds. The Bertz CT molecular complexity index is 583. The molecule has 0 bridgehead atoms. The Hall–Kier alpha value is -1.98. The van der Waals surface area contributed by atoms with E-state index in [0.717, 1.165) is 37.0 Å². The van der Waals surface area contributed by atoms with Gasteiger partial charge in [0.05, 0.1) is 12.6 Å². The zero-order valence-corrected chi connectivity index (χ0v) is 11.3. The maximum Gasteiger partial charge on any atom is 0.303 e. The number of hydrogen-bond donors (Lipinski definition) is 2. The van der Waals surface area contributed by atoms with Crippen LogP contribution in [-0.4, -0.2) is 31.0 Å². The van der Waals surface area contributed by atoms with Crippen LogP contribution in [0.5, 0.6) is 0 Å². The second kappa shape index (κ2) is 5.19. The molecule has 0 unspecified atom stereocenters. The van der Waals surface area contributed by atoms with Gasteiger partial charge in [-0.25, -0.2) is 15.0 Å². The van der Waals surface area contributed by atoms with Crippen molar-refractivity contribution >= 4 is 17.1 Å². The first-order valence-corrected chi connectivity index (χ1v) is 7.03. The fourth-order valence-corrected chi connectivity index (χ4v) is 3.29. The van der Waals surface area contributed by atoms with Crippen LogP contribution in [0.3, 0.4) is 0 Å². The van der Waals surface area contributed by atoms with Crippen LogP contribution < -0.4 is 0 Å². The second-order valence-electron chi connectivity index (χ2n) is 5.75. The predicted octanol–water partition coefficient (Wildman–Crippen LogP) is 2.32. The van der Waals surface area contributed by atoms with Crippen LogP contribution in [0, 0.1) is 5.41 Å². The summed E-state index contributed by atoms with van der Waals surface area (Å²) in [4.78, 5) is 26.9. The van der Waals surface area contributed by atoms with E-state index < -0.39 is 5.97 Å². The molecule has 1 saturated carbocycles. The van der Waals surface area contributed by atoms with E-state index in [0.29, 0.717) is 12.1 Å². The highest BCUT2D eigenvalue weighted by molar-refractivity contribution is 5.69. The number of rotatable bonds is 4. The van der Waals surface area contributed by atoms with Crippen LogP contribution >= 0.6 is 0 Å². The van der Waals surface area contributed by atoms with E-state index in [2.05, 4.69) is 19.9 Å². The first kappa shape index (κ1) is 13.0. The summed E-state index contributed by atoms with van der Waals surface area (Å²) in [7, 11) is 0. The molecule has 2 aromatic rings. The maximum atomic E-state index is 11.2. The number of aliphatic carboxylic acids is 1. The Balaban J connectivity index is 1.86. The van der Waals surface area contributed by atoms with E-state index in [1.807, 2.05) is 0 Å². The summed E-state index contributed by atoms with van der Waals surface area (Å²) in [6, 6.07) is 0. The van der Waals surface area contributed by atoms with E-state index in [-0.39, 0.29) is 11.8 Å². The fourth-order valence-electron chi connectivity index (χ4n) is 3.29.